The third-order valence-corrected chi connectivity index (χ3v) is 3.09. The molecular formula is C14H21ClN2O. The molecule has 100 valence electrons. The van der Waals surface area contributed by atoms with Gasteiger partial charge in [-0.1, -0.05) is 44.2 Å². The summed E-state index contributed by atoms with van der Waals surface area (Å²) in [5.41, 5.74) is 1.27. The van der Waals surface area contributed by atoms with E-state index < -0.39 is 0 Å². The molecule has 0 aliphatic carbocycles. The van der Waals surface area contributed by atoms with Crippen LogP contribution in [0.25, 0.3) is 0 Å². The third-order valence-electron chi connectivity index (χ3n) is 2.80. The summed E-state index contributed by atoms with van der Waals surface area (Å²) in [7, 11) is 0. The fourth-order valence-corrected chi connectivity index (χ4v) is 2.00. The van der Waals surface area contributed by atoms with E-state index in [1.165, 1.54) is 19.3 Å². The number of halogens is 1. The third kappa shape index (κ3) is 5.05. The number of aromatic nitrogens is 1. The number of carbonyl (C=O) groups excluding carboxylic acids is 1. The van der Waals surface area contributed by atoms with Crippen molar-refractivity contribution in [3.8, 4) is 0 Å². The minimum atomic E-state index is -0.136. The number of rotatable bonds is 7. The highest BCUT2D eigenvalue weighted by Gasteiger charge is 2.10. The van der Waals surface area contributed by atoms with Crippen molar-refractivity contribution in [3.05, 3.63) is 28.5 Å². The van der Waals surface area contributed by atoms with Gasteiger partial charge in [0.1, 0.15) is 5.15 Å². The van der Waals surface area contributed by atoms with E-state index in [2.05, 4.69) is 17.2 Å². The number of amides is 1. The molecule has 0 atom stereocenters. The summed E-state index contributed by atoms with van der Waals surface area (Å²) in [6.07, 6.45) is 5.91. The minimum Gasteiger partial charge on any atom is -0.352 e. The van der Waals surface area contributed by atoms with Crippen LogP contribution in [-0.4, -0.2) is 17.4 Å². The van der Waals surface area contributed by atoms with Gasteiger partial charge < -0.3 is 5.32 Å². The number of nitrogens with one attached hydrogen (secondary N) is 1. The standard InChI is InChI=1S/C14H21ClN2O/c1-3-4-5-6-7-10-16-14(18)12-9-8-11(2)17-13(12)15/h8-9H,3-7,10H2,1-2H3,(H,16,18). The van der Waals surface area contributed by atoms with Crippen molar-refractivity contribution in [2.45, 2.75) is 46.0 Å². The molecule has 0 bridgehead atoms. The smallest absolute Gasteiger partial charge is 0.254 e. The van der Waals surface area contributed by atoms with E-state index in [1.807, 2.05) is 6.92 Å². The second kappa shape index (κ2) is 8.09. The molecule has 3 nitrogen and oxygen atoms in total. The van der Waals surface area contributed by atoms with Gasteiger partial charge in [0.25, 0.3) is 5.91 Å². The van der Waals surface area contributed by atoms with Gasteiger partial charge in [0.15, 0.2) is 0 Å². The number of nitrogens with zero attached hydrogens (tertiary/aromatic N) is 1. The first kappa shape index (κ1) is 15.0. The van der Waals surface area contributed by atoms with Gasteiger partial charge in [-0.25, -0.2) is 4.98 Å². The largest absolute Gasteiger partial charge is 0.352 e. The van der Waals surface area contributed by atoms with Crippen LogP contribution in [0, 0.1) is 6.92 Å². The summed E-state index contributed by atoms with van der Waals surface area (Å²) in [4.78, 5) is 15.9. The Morgan fingerprint density at radius 1 is 1.28 bits per heavy atom. The molecule has 0 saturated heterocycles. The molecule has 1 heterocycles. The van der Waals surface area contributed by atoms with Crippen LogP contribution < -0.4 is 5.32 Å². The molecule has 0 aromatic carbocycles. The molecule has 0 aliphatic rings. The van der Waals surface area contributed by atoms with Crippen LogP contribution in [0.3, 0.4) is 0 Å². The summed E-state index contributed by atoms with van der Waals surface area (Å²) < 4.78 is 0. The zero-order chi connectivity index (χ0) is 13.4. The first-order valence-corrected chi connectivity index (χ1v) is 6.94. The van der Waals surface area contributed by atoms with Gasteiger partial charge in [0.05, 0.1) is 5.56 Å². The van der Waals surface area contributed by atoms with Crippen LogP contribution in [0.1, 0.15) is 55.1 Å². The predicted octanol–water partition coefficient (Wildman–Crippen LogP) is 3.74. The Balaban J connectivity index is 2.32. The van der Waals surface area contributed by atoms with Crippen LogP contribution in [0.15, 0.2) is 12.1 Å². The molecule has 1 aromatic rings. The van der Waals surface area contributed by atoms with E-state index in [0.29, 0.717) is 12.1 Å². The Labute approximate surface area is 114 Å². The summed E-state index contributed by atoms with van der Waals surface area (Å²) in [5.74, 6) is -0.136. The number of hydrogen-bond donors (Lipinski definition) is 1. The van der Waals surface area contributed by atoms with Gasteiger partial charge in [-0.3, -0.25) is 4.79 Å². The highest BCUT2D eigenvalue weighted by atomic mass is 35.5. The monoisotopic (exact) mass is 268 g/mol. The maximum atomic E-state index is 11.8. The second-order valence-electron chi connectivity index (χ2n) is 4.46. The molecule has 1 N–H and O–H groups in total. The van der Waals surface area contributed by atoms with Gasteiger partial charge >= 0.3 is 0 Å². The van der Waals surface area contributed by atoms with Gasteiger partial charge in [-0.2, -0.15) is 0 Å². The first-order valence-electron chi connectivity index (χ1n) is 6.56. The van der Waals surface area contributed by atoms with Crippen molar-refractivity contribution in [2.75, 3.05) is 6.54 Å². The van der Waals surface area contributed by atoms with Crippen LogP contribution in [0.2, 0.25) is 5.15 Å². The van der Waals surface area contributed by atoms with Crippen LogP contribution >= 0.6 is 11.6 Å². The Morgan fingerprint density at radius 2 is 2.00 bits per heavy atom. The number of pyridine rings is 1. The minimum absolute atomic E-state index is 0.136. The van der Waals surface area contributed by atoms with Crippen molar-refractivity contribution >= 4 is 17.5 Å². The van der Waals surface area contributed by atoms with Crippen molar-refractivity contribution in [1.29, 1.82) is 0 Å². The summed E-state index contributed by atoms with van der Waals surface area (Å²) in [5, 5.41) is 3.15. The Hall–Kier alpha value is -1.09. The van der Waals surface area contributed by atoms with Gasteiger partial charge in [-0.15, -0.1) is 0 Å². The number of aryl methyl sites for hydroxylation is 1. The fraction of sp³-hybridized carbons (Fsp3) is 0.571. The number of carbonyl (C=O) groups is 1. The molecule has 0 saturated carbocycles. The Bertz CT molecular complexity index is 393. The highest BCUT2D eigenvalue weighted by molar-refractivity contribution is 6.32. The molecule has 18 heavy (non-hydrogen) atoms. The van der Waals surface area contributed by atoms with Crippen molar-refractivity contribution in [3.63, 3.8) is 0 Å². The van der Waals surface area contributed by atoms with Gasteiger partial charge in [0, 0.05) is 12.2 Å². The van der Waals surface area contributed by atoms with Crippen molar-refractivity contribution in [2.24, 2.45) is 0 Å². The van der Waals surface area contributed by atoms with E-state index in [9.17, 15) is 4.79 Å². The molecule has 0 radical (unpaired) electrons. The van der Waals surface area contributed by atoms with Crippen LogP contribution in [0.5, 0.6) is 0 Å². The molecule has 0 aliphatic heterocycles. The summed E-state index contributed by atoms with van der Waals surface area (Å²) in [6.45, 7) is 4.74. The lowest BCUT2D eigenvalue weighted by Gasteiger charge is -2.06. The molecular weight excluding hydrogens is 248 g/mol. The van der Waals surface area contributed by atoms with E-state index in [0.717, 1.165) is 18.5 Å². The normalized spacial score (nSPS) is 10.4. The molecule has 1 rings (SSSR count). The fourth-order valence-electron chi connectivity index (χ4n) is 1.72. The van der Waals surface area contributed by atoms with Crippen molar-refractivity contribution in [1.82, 2.24) is 10.3 Å². The topological polar surface area (TPSA) is 42.0 Å². The van der Waals surface area contributed by atoms with E-state index in [-0.39, 0.29) is 11.1 Å². The average molecular weight is 269 g/mol. The second-order valence-corrected chi connectivity index (χ2v) is 4.82. The zero-order valence-corrected chi connectivity index (χ0v) is 11.9. The van der Waals surface area contributed by atoms with E-state index in [4.69, 9.17) is 11.6 Å². The van der Waals surface area contributed by atoms with E-state index >= 15 is 0 Å². The predicted molar refractivity (Wildman–Crippen MR) is 75.1 cm³/mol. The zero-order valence-electron chi connectivity index (χ0n) is 11.1. The van der Waals surface area contributed by atoms with Gasteiger partial charge in [-0.05, 0) is 25.5 Å². The van der Waals surface area contributed by atoms with Crippen molar-refractivity contribution < 1.29 is 4.79 Å². The molecule has 1 amide bonds. The number of unbranched alkanes of at least 4 members (excludes halogenated alkanes) is 4. The molecule has 0 unspecified atom stereocenters. The number of hydrogen-bond acceptors (Lipinski definition) is 2. The molecule has 1 aromatic heterocycles. The summed E-state index contributed by atoms with van der Waals surface area (Å²) in [6, 6.07) is 3.51. The quantitative estimate of drug-likeness (QED) is 0.605. The van der Waals surface area contributed by atoms with Crippen LogP contribution in [0.4, 0.5) is 0 Å². The van der Waals surface area contributed by atoms with Crippen LogP contribution in [-0.2, 0) is 0 Å². The molecule has 0 fully saturated rings. The van der Waals surface area contributed by atoms with E-state index in [1.54, 1.807) is 12.1 Å². The lowest BCUT2D eigenvalue weighted by molar-refractivity contribution is 0.0952. The SMILES string of the molecule is CCCCCCCNC(=O)c1ccc(C)nc1Cl. The summed E-state index contributed by atoms with van der Waals surface area (Å²) >= 11 is 5.93. The first-order chi connectivity index (χ1) is 8.65. The average Bonchev–Trinajstić information content (AvgIpc) is 2.33. The lowest BCUT2D eigenvalue weighted by Crippen LogP contribution is -2.25. The highest BCUT2D eigenvalue weighted by Crippen LogP contribution is 2.13. The maximum Gasteiger partial charge on any atom is 0.254 e. The van der Waals surface area contributed by atoms with Gasteiger partial charge in [0.2, 0.25) is 0 Å². The Kier molecular flexibility index (Phi) is 6.73. The maximum absolute atomic E-state index is 11.8. The molecule has 0 spiro atoms. The lowest BCUT2D eigenvalue weighted by atomic mass is 10.1. The molecule has 4 heteroatoms. The Morgan fingerprint density at radius 3 is 2.67 bits per heavy atom.